The number of piperidine rings is 2. The molecule has 0 radical (unpaired) electrons. The highest BCUT2D eigenvalue weighted by molar-refractivity contribution is 5.71. The zero-order chi connectivity index (χ0) is 14.2. The Balaban J connectivity index is 1.62. The van der Waals surface area contributed by atoms with Gasteiger partial charge in [0, 0.05) is 19.1 Å². The molecular formula is C16H30N2O2. The molecule has 4 nitrogen and oxygen atoms in total. The Morgan fingerprint density at radius 1 is 1.10 bits per heavy atom. The van der Waals surface area contributed by atoms with Gasteiger partial charge >= 0.3 is 5.97 Å². The lowest BCUT2D eigenvalue weighted by molar-refractivity contribution is -0.145. The van der Waals surface area contributed by atoms with E-state index in [-0.39, 0.29) is 5.97 Å². The number of carbonyl (C=O) groups is 1. The van der Waals surface area contributed by atoms with E-state index in [1.54, 1.807) is 0 Å². The van der Waals surface area contributed by atoms with E-state index in [0.29, 0.717) is 13.2 Å². The van der Waals surface area contributed by atoms with Gasteiger partial charge in [-0.25, -0.2) is 0 Å². The van der Waals surface area contributed by atoms with E-state index in [4.69, 9.17) is 4.74 Å². The number of esters is 1. The van der Waals surface area contributed by atoms with Crippen molar-refractivity contribution in [3.8, 4) is 0 Å². The molecular weight excluding hydrogens is 252 g/mol. The summed E-state index contributed by atoms with van der Waals surface area (Å²) in [7, 11) is 0. The Labute approximate surface area is 123 Å². The molecule has 0 unspecified atom stereocenters. The van der Waals surface area contributed by atoms with Crippen LogP contribution < -0.4 is 0 Å². The van der Waals surface area contributed by atoms with Gasteiger partial charge in [0.2, 0.25) is 0 Å². The normalized spacial score (nSPS) is 22.9. The van der Waals surface area contributed by atoms with Crippen LogP contribution in [0.5, 0.6) is 0 Å². The van der Waals surface area contributed by atoms with Crippen LogP contribution in [0.25, 0.3) is 0 Å². The van der Waals surface area contributed by atoms with Crippen molar-refractivity contribution in [1.82, 2.24) is 9.80 Å². The van der Waals surface area contributed by atoms with Gasteiger partial charge < -0.3 is 9.64 Å². The van der Waals surface area contributed by atoms with Crippen LogP contribution in [0.1, 0.15) is 51.9 Å². The molecule has 0 atom stereocenters. The van der Waals surface area contributed by atoms with Crippen molar-refractivity contribution in [2.45, 2.75) is 57.9 Å². The van der Waals surface area contributed by atoms with Crippen LogP contribution in [0.2, 0.25) is 0 Å². The maximum absolute atomic E-state index is 11.7. The first-order valence-corrected chi connectivity index (χ1v) is 8.41. The number of hydrogen-bond acceptors (Lipinski definition) is 4. The number of likely N-dealkylation sites (tertiary alicyclic amines) is 2. The number of ether oxygens (including phenoxy) is 1. The fourth-order valence-corrected chi connectivity index (χ4v) is 3.28. The van der Waals surface area contributed by atoms with Gasteiger partial charge in [0.15, 0.2) is 0 Å². The lowest BCUT2D eigenvalue weighted by atomic mass is 10.00. The minimum atomic E-state index is -0.0464. The Bertz CT molecular complexity index is 282. The van der Waals surface area contributed by atoms with Crippen LogP contribution in [0.15, 0.2) is 0 Å². The Morgan fingerprint density at radius 3 is 2.45 bits per heavy atom. The molecule has 116 valence electrons. The van der Waals surface area contributed by atoms with Crippen molar-refractivity contribution >= 4 is 5.97 Å². The standard InChI is InChI=1S/C16H30N2O2/c1-2-3-13-20-16(19)14-17-11-7-15(8-12-17)18-9-5-4-6-10-18/h15H,2-14H2,1H3. The second-order valence-electron chi connectivity index (χ2n) is 6.18. The van der Waals surface area contributed by atoms with Gasteiger partial charge in [-0.15, -0.1) is 0 Å². The molecule has 2 aliphatic heterocycles. The van der Waals surface area contributed by atoms with E-state index in [1.165, 1.54) is 45.2 Å². The molecule has 2 aliphatic rings. The summed E-state index contributed by atoms with van der Waals surface area (Å²) >= 11 is 0. The first kappa shape index (κ1) is 15.8. The van der Waals surface area contributed by atoms with Crippen LogP contribution in [0, 0.1) is 0 Å². The molecule has 0 aliphatic carbocycles. The lowest BCUT2D eigenvalue weighted by Crippen LogP contribution is -2.47. The van der Waals surface area contributed by atoms with Crippen LogP contribution in [-0.4, -0.2) is 61.1 Å². The van der Waals surface area contributed by atoms with E-state index in [1.807, 2.05) is 0 Å². The molecule has 2 saturated heterocycles. The SMILES string of the molecule is CCCCOC(=O)CN1CCC(N2CCCCC2)CC1. The molecule has 0 N–H and O–H groups in total. The second-order valence-corrected chi connectivity index (χ2v) is 6.18. The summed E-state index contributed by atoms with van der Waals surface area (Å²) in [5.41, 5.74) is 0. The third-order valence-electron chi connectivity index (χ3n) is 4.58. The van der Waals surface area contributed by atoms with Crippen molar-refractivity contribution in [1.29, 1.82) is 0 Å². The van der Waals surface area contributed by atoms with Crippen LogP contribution in [0.3, 0.4) is 0 Å². The van der Waals surface area contributed by atoms with Crippen molar-refractivity contribution in [2.24, 2.45) is 0 Å². The van der Waals surface area contributed by atoms with E-state index >= 15 is 0 Å². The van der Waals surface area contributed by atoms with Crippen molar-refractivity contribution in [3.05, 3.63) is 0 Å². The fourth-order valence-electron chi connectivity index (χ4n) is 3.28. The van der Waals surface area contributed by atoms with Gasteiger partial charge in [-0.3, -0.25) is 9.69 Å². The fraction of sp³-hybridized carbons (Fsp3) is 0.938. The summed E-state index contributed by atoms with van der Waals surface area (Å²) in [6.07, 6.45) is 8.61. The van der Waals surface area contributed by atoms with E-state index in [2.05, 4.69) is 16.7 Å². The van der Waals surface area contributed by atoms with Crippen molar-refractivity contribution in [2.75, 3.05) is 39.3 Å². The highest BCUT2D eigenvalue weighted by atomic mass is 16.5. The number of hydrogen-bond donors (Lipinski definition) is 0. The zero-order valence-corrected chi connectivity index (χ0v) is 13.0. The smallest absolute Gasteiger partial charge is 0.320 e. The van der Waals surface area contributed by atoms with Gasteiger partial charge in [-0.1, -0.05) is 19.8 Å². The van der Waals surface area contributed by atoms with E-state index in [0.717, 1.165) is 32.0 Å². The maximum Gasteiger partial charge on any atom is 0.320 e. The summed E-state index contributed by atoms with van der Waals surface area (Å²) in [4.78, 5) is 16.6. The number of rotatable bonds is 6. The van der Waals surface area contributed by atoms with Gasteiger partial charge in [0.25, 0.3) is 0 Å². The summed E-state index contributed by atoms with van der Waals surface area (Å²) in [5, 5.41) is 0. The van der Waals surface area contributed by atoms with Gasteiger partial charge in [-0.05, 0) is 45.2 Å². The average molecular weight is 282 g/mol. The molecule has 0 saturated carbocycles. The number of unbranched alkanes of at least 4 members (excludes halogenated alkanes) is 1. The molecule has 0 amide bonds. The maximum atomic E-state index is 11.7. The summed E-state index contributed by atoms with van der Waals surface area (Å²) < 4.78 is 5.24. The third-order valence-corrected chi connectivity index (χ3v) is 4.58. The topological polar surface area (TPSA) is 32.8 Å². The largest absolute Gasteiger partial charge is 0.465 e. The van der Waals surface area contributed by atoms with Gasteiger partial charge in [0.1, 0.15) is 0 Å². The summed E-state index contributed by atoms with van der Waals surface area (Å²) in [6, 6.07) is 0.752. The number of carbonyl (C=O) groups excluding carboxylic acids is 1. The first-order chi connectivity index (χ1) is 9.79. The Morgan fingerprint density at radius 2 is 1.80 bits per heavy atom. The van der Waals surface area contributed by atoms with Gasteiger partial charge in [-0.2, -0.15) is 0 Å². The lowest BCUT2D eigenvalue weighted by Gasteiger charge is -2.39. The minimum absolute atomic E-state index is 0.0464. The Kier molecular flexibility index (Phi) is 6.80. The second kappa shape index (κ2) is 8.63. The van der Waals surface area contributed by atoms with Crippen LogP contribution >= 0.6 is 0 Å². The van der Waals surface area contributed by atoms with E-state index < -0.39 is 0 Å². The molecule has 2 fully saturated rings. The molecule has 4 heteroatoms. The molecule has 0 bridgehead atoms. The van der Waals surface area contributed by atoms with Crippen molar-refractivity contribution < 1.29 is 9.53 Å². The highest BCUT2D eigenvalue weighted by Gasteiger charge is 2.26. The number of nitrogens with zero attached hydrogens (tertiary/aromatic N) is 2. The molecule has 2 rings (SSSR count). The molecule has 0 aromatic heterocycles. The minimum Gasteiger partial charge on any atom is -0.465 e. The molecule has 0 aromatic carbocycles. The zero-order valence-electron chi connectivity index (χ0n) is 13.0. The summed E-state index contributed by atoms with van der Waals surface area (Å²) in [6.45, 7) is 7.83. The predicted octanol–water partition coefficient (Wildman–Crippen LogP) is 2.28. The average Bonchev–Trinajstić information content (AvgIpc) is 2.49. The van der Waals surface area contributed by atoms with Crippen molar-refractivity contribution in [3.63, 3.8) is 0 Å². The highest BCUT2D eigenvalue weighted by Crippen LogP contribution is 2.20. The third kappa shape index (κ3) is 5.06. The molecule has 20 heavy (non-hydrogen) atoms. The molecule has 0 aromatic rings. The predicted molar refractivity (Wildman–Crippen MR) is 80.8 cm³/mol. The summed E-state index contributed by atoms with van der Waals surface area (Å²) in [5.74, 6) is -0.0464. The molecule has 0 spiro atoms. The quantitative estimate of drug-likeness (QED) is 0.553. The Hall–Kier alpha value is -0.610. The van der Waals surface area contributed by atoms with Crippen LogP contribution in [-0.2, 0) is 9.53 Å². The van der Waals surface area contributed by atoms with Gasteiger partial charge in [0.05, 0.1) is 13.2 Å². The molecule has 2 heterocycles. The van der Waals surface area contributed by atoms with E-state index in [9.17, 15) is 4.79 Å². The monoisotopic (exact) mass is 282 g/mol. The first-order valence-electron chi connectivity index (χ1n) is 8.41. The van der Waals surface area contributed by atoms with Crippen LogP contribution in [0.4, 0.5) is 0 Å².